The molecule has 2 rings (SSSR count). The van der Waals surface area contributed by atoms with Gasteiger partial charge in [-0.1, -0.05) is 33.6 Å². The third-order valence-corrected chi connectivity index (χ3v) is 3.30. The molecule has 2 aromatic rings. The van der Waals surface area contributed by atoms with E-state index in [4.69, 9.17) is 21.6 Å². The minimum Gasteiger partial charge on any atom is -0.486 e. The highest BCUT2D eigenvalue weighted by molar-refractivity contribution is 9.10. The van der Waals surface area contributed by atoms with E-state index in [0.29, 0.717) is 20.6 Å². The van der Waals surface area contributed by atoms with E-state index in [1.165, 1.54) is 12.1 Å². The fourth-order valence-corrected chi connectivity index (χ4v) is 2.05. The van der Waals surface area contributed by atoms with Gasteiger partial charge < -0.3 is 4.74 Å². The third-order valence-electron chi connectivity index (χ3n) is 2.46. The fourth-order valence-electron chi connectivity index (χ4n) is 1.48. The smallest absolute Gasteiger partial charge is 0.166 e. The van der Waals surface area contributed by atoms with Crippen LogP contribution in [0.5, 0.6) is 5.75 Å². The zero-order valence-electron chi connectivity index (χ0n) is 9.66. The number of rotatable bonds is 3. The normalized spacial score (nSPS) is 10.0. The molecular weight excluding hydrogens is 333 g/mol. The minimum atomic E-state index is -0.445. The standard InChI is InChI=1S/C14H8BrClFNO/c15-11-3-4-14(13(17)6-11)19-8-10-2-1-9(7-18)5-12(10)16/h1-6H,8H2. The van der Waals surface area contributed by atoms with Gasteiger partial charge in [-0.15, -0.1) is 0 Å². The molecule has 2 aromatic carbocycles. The van der Waals surface area contributed by atoms with Gasteiger partial charge in [-0.05, 0) is 30.3 Å². The van der Waals surface area contributed by atoms with Crippen molar-refractivity contribution < 1.29 is 9.13 Å². The van der Waals surface area contributed by atoms with Gasteiger partial charge in [0.15, 0.2) is 11.6 Å². The Morgan fingerprint density at radius 1 is 1.26 bits per heavy atom. The second kappa shape index (κ2) is 6.05. The van der Waals surface area contributed by atoms with Gasteiger partial charge >= 0.3 is 0 Å². The molecular formula is C14H8BrClFNO. The van der Waals surface area contributed by atoms with Crippen molar-refractivity contribution in [3.05, 3.63) is 62.8 Å². The molecule has 0 aliphatic heterocycles. The van der Waals surface area contributed by atoms with Gasteiger partial charge in [0.2, 0.25) is 0 Å². The minimum absolute atomic E-state index is 0.142. The van der Waals surface area contributed by atoms with E-state index in [0.717, 1.165) is 0 Å². The molecule has 0 N–H and O–H groups in total. The Hall–Kier alpha value is -1.57. The number of hydrogen-bond acceptors (Lipinski definition) is 2. The first-order chi connectivity index (χ1) is 9.10. The Bertz CT molecular complexity index is 654. The van der Waals surface area contributed by atoms with E-state index in [-0.39, 0.29) is 12.4 Å². The van der Waals surface area contributed by atoms with Crippen molar-refractivity contribution in [1.29, 1.82) is 5.26 Å². The highest BCUT2D eigenvalue weighted by Gasteiger charge is 2.07. The molecule has 0 aliphatic rings. The van der Waals surface area contributed by atoms with E-state index in [9.17, 15) is 4.39 Å². The van der Waals surface area contributed by atoms with Crippen molar-refractivity contribution in [1.82, 2.24) is 0 Å². The Balaban J connectivity index is 2.13. The van der Waals surface area contributed by atoms with Crippen LogP contribution in [0.15, 0.2) is 40.9 Å². The largest absolute Gasteiger partial charge is 0.486 e. The maximum Gasteiger partial charge on any atom is 0.166 e. The van der Waals surface area contributed by atoms with Crippen LogP contribution in [0.2, 0.25) is 5.02 Å². The highest BCUT2D eigenvalue weighted by atomic mass is 79.9. The molecule has 2 nitrogen and oxygen atoms in total. The molecule has 0 amide bonds. The molecule has 5 heteroatoms. The summed E-state index contributed by atoms with van der Waals surface area (Å²) in [5.74, 6) is -0.289. The average Bonchev–Trinajstić information content (AvgIpc) is 2.39. The van der Waals surface area contributed by atoms with Crippen molar-refractivity contribution in [3.63, 3.8) is 0 Å². The maximum absolute atomic E-state index is 13.5. The third kappa shape index (κ3) is 3.46. The summed E-state index contributed by atoms with van der Waals surface area (Å²) in [7, 11) is 0. The van der Waals surface area contributed by atoms with Crippen LogP contribution >= 0.6 is 27.5 Å². The Morgan fingerprint density at radius 3 is 2.68 bits per heavy atom. The summed E-state index contributed by atoms with van der Waals surface area (Å²) in [6, 6.07) is 11.4. The summed E-state index contributed by atoms with van der Waals surface area (Å²) in [4.78, 5) is 0. The van der Waals surface area contributed by atoms with E-state index in [1.54, 1.807) is 24.3 Å². The molecule has 0 heterocycles. The number of benzene rings is 2. The zero-order valence-corrected chi connectivity index (χ0v) is 12.0. The summed E-state index contributed by atoms with van der Waals surface area (Å²) in [5, 5.41) is 9.16. The maximum atomic E-state index is 13.5. The van der Waals surface area contributed by atoms with E-state index >= 15 is 0 Å². The van der Waals surface area contributed by atoms with Crippen LogP contribution in [-0.4, -0.2) is 0 Å². The summed E-state index contributed by atoms with van der Waals surface area (Å²) in [6.45, 7) is 0.142. The van der Waals surface area contributed by atoms with Crippen LogP contribution in [-0.2, 0) is 6.61 Å². The first-order valence-corrected chi connectivity index (χ1v) is 6.53. The van der Waals surface area contributed by atoms with Gasteiger partial charge in [0.25, 0.3) is 0 Å². The lowest BCUT2D eigenvalue weighted by Crippen LogP contribution is -1.98. The quantitative estimate of drug-likeness (QED) is 0.812. The summed E-state index contributed by atoms with van der Waals surface area (Å²) in [6.07, 6.45) is 0. The molecule has 0 radical (unpaired) electrons. The lowest BCUT2D eigenvalue weighted by molar-refractivity contribution is 0.290. The van der Waals surface area contributed by atoms with Crippen LogP contribution in [0.3, 0.4) is 0 Å². The number of halogens is 3. The molecule has 96 valence electrons. The van der Waals surface area contributed by atoms with Gasteiger partial charge in [0.05, 0.1) is 11.6 Å². The topological polar surface area (TPSA) is 33.0 Å². The van der Waals surface area contributed by atoms with Gasteiger partial charge in [-0.3, -0.25) is 0 Å². The van der Waals surface area contributed by atoms with Crippen LogP contribution in [0.25, 0.3) is 0 Å². The SMILES string of the molecule is N#Cc1ccc(COc2ccc(Br)cc2F)c(Cl)c1. The second-order valence-corrected chi connectivity index (χ2v) is 5.10. The zero-order chi connectivity index (χ0) is 13.8. The van der Waals surface area contributed by atoms with Crippen LogP contribution in [0, 0.1) is 17.1 Å². The highest BCUT2D eigenvalue weighted by Crippen LogP contribution is 2.24. The van der Waals surface area contributed by atoms with Crippen molar-refractivity contribution in [2.24, 2.45) is 0 Å². The molecule has 0 saturated carbocycles. The second-order valence-electron chi connectivity index (χ2n) is 3.78. The number of nitrogens with zero attached hydrogens (tertiary/aromatic N) is 1. The molecule has 0 unspecified atom stereocenters. The van der Waals surface area contributed by atoms with Gasteiger partial charge in [0, 0.05) is 15.1 Å². The predicted molar refractivity (Wildman–Crippen MR) is 74.6 cm³/mol. The molecule has 0 bridgehead atoms. The van der Waals surface area contributed by atoms with Crippen LogP contribution in [0.4, 0.5) is 4.39 Å². The Kier molecular flexibility index (Phi) is 4.41. The van der Waals surface area contributed by atoms with Crippen LogP contribution in [0.1, 0.15) is 11.1 Å². The Morgan fingerprint density at radius 2 is 2.05 bits per heavy atom. The summed E-state index contributed by atoms with van der Waals surface area (Å²) in [5.41, 5.74) is 1.17. The number of ether oxygens (including phenoxy) is 1. The lowest BCUT2D eigenvalue weighted by Gasteiger charge is -2.09. The van der Waals surface area contributed by atoms with Gasteiger partial charge in [-0.2, -0.15) is 5.26 Å². The van der Waals surface area contributed by atoms with Crippen molar-refractivity contribution in [2.45, 2.75) is 6.61 Å². The number of nitriles is 1. The molecule has 0 aromatic heterocycles. The molecule has 0 atom stereocenters. The molecule has 0 fully saturated rings. The monoisotopic (exact) mass is 339 g/mol. The first-order valence-electron chi connectivity index (χ1n) is 5.36. The van der Waals surface area contributed by atoms with E-state index < -0.39 is 5.82 Å². The van der Waals surface area contributed by atoms with Gasteiger partial charge in [-0.25, -0.2) is 4.39 Å². The van der Waals surface area contributed by atoms with Crippen molar-refractivity contribution in [3.8, 4) is 11.8 Å². The summed E-state index contributed by atoms with van der Waals surface area (Å²) >= 11 is 9.18. The molecule has 19 heavy (non-hydrogen) atoms. The fraction of sp³-hybridized carbons (Fsp3) is 0.0714. The van der Waals surface area contributed by atoms with E-state index in [2.05, 4.69) is 15.9 Å². The molecule has 0 spiro atoms. The molecule has 0 aliphatic carbocycles. The average molecular weight is 341 g/mol. The predicted octanol–water partition coefficient (Wildman–Crippen LogP) is 4.69. The van der Waals surface area contributed by atoms with Gasteiger partial charge in [0.1, 0.15) is 6.61 Å². The Labute approximate surface area is 123 Å². The van der Waals surface area contributed by atoms with Crippen molar-refractivity contribution >= 4 is 27.5 Å². The first kappa shape index (κ1) is 13.9. The summed E-state index contributed by atoms with van der Waals surface area (Å²) < 4.78 is 19.6. The lowest BCUT2D eigenvalue weighted by atomic mass is 10.1. The van der Waals surface area contributed by atoms with Crippen molar-refractivity contribution in [2.75, 3.05) is 0 Å². The van der Waals surface area contributed by atoms with E-state index in [1.807, 2.05) is 6.07 Å². The van der Waals surface area contributed by atoms with Crippen LogP contribution < -0.4 is 4.74 Å². The molecule has 0 saturated heterocycles. The number of hydrogen-bond donors (Lipinski definition) is 0.